The third kappa shape index (κ3) is 2.58. The fourth-order valence-corrected chi connectivity index (χ4v) is 3.14. The summed E-state index contributed by atoms with van der Waals surface area (Å²) in [5, 5.41) is 0. The zero-order valence-corrected chi connectivity index (χ0v) is 13.0. The molecule has 110 valence electrons. The first kappa shape index (κ1) is 14.2. The van der Waals surface area contributed by atoms with Gasteiger partial charge in [-0.3, -0.25) is 4.79 Å². The summed E-state index contributed by atoms with van der Waals surface area (Å²) in [5.41, 5.74) is 4.01. The van der Waals surface area contributed by atoms with Crippen molar-refractivity contribution in [3.63, 3.8) is 0 Å². The van der Waals surface area contributed by atoms with E-state index in [0.717, 1.165) is 35.7 Å². The molecule has 4 heteroatoms. The van der Waals surface area contributed by atoms with Crippen molar-refractivity contribution in [1.29, 1.82) is 0 Å². The number of ketones is 1. The molecule has 1 unspecified atom stereocenters. The largest absolute Gasteiger partial charge is 0.488 e. The van der Waals surface area contributed by atoms with E-state index in [4.69, 9.17) is 16.3 Å². The number of carbonyl (C=O) groups excluding carboxylic acids is 1. The van der Waals surface area contributed by atoms with E-state index in [2.05, 4.69) is 10.6 Å². The normalized spacial score (nSPS) is 16.6. The van der Waals surface area contributed by atoms with Crippen molar-refractivity contribution in [3.8, 4) is 5.75 Å². The van der Waals surface area contributed by atoms with Crippen molar-refractivity contribution < 1.29 is 9.53 Å². The van der Waals surface area contributed by atoms with Crippen molar-refractivity contribution >= 4 is 17.4 Å². The maximum atomic E-state index is 11.8. The molecule has 3 rings (SSSR count). The van der Waals surface area contributed by atoms with Crippen LogP contribution in [-0.2, 0) is 13.0 Å². The predicted molar refractivity (Wildman–Crippen MR) is 83.5 cm³/mol. The minimum Gasteiger partial charge on any atom is -0.488 e. The van der Waals surface area contributed by atoms with Crippen LogP contribution in [0.4, 0.5) is 0 Å². The number of aryl methyl sites for hydroxylation is 1. The van der Waals surface area contributed by atoms with Crippen LogP contribution in [0.2, 0.25) is 0 Å². The average Bonchev–Trinajstić information content (AvgIpc) is 3.02. The van der Waals surface area contributed by atoms with Crippen molar-refractivity contribution in [3.05, 3.63) is 52.8 Å². The van der Waals surface area contributed by atoms with E-state index in [1.54, 1.807) is 0 Å². The maximum Gasteiger partial charge on any atom is 0.179 e. The topological polar surface area (TPSA) is 31.2 Å². The third-order valence-corrected chi connectivity index (χ3v) is 4.34. The van der Waals surface area contributed by atoms with Gasteiger partial charge in [-0.05, 0) is 31.5 Å². The number of ether oxygens (including phenoxy) is 1. The number of aromatic nitrogens is 1. The Balaban J connectivity index is 1.81. The van der Waals surface area contributed by atoms with Gasteiger partial charge in [-0.15, -0.1) is 11.6 Å². The summed E-state index contributed by atoms with van der Waals surface area (Å²) in [6.45, 7) is 4.73. The van der Waals surface area contributed by atoms with Gasteiger partial charge < -0.3 is 9.30 Å². The summed E-state index contributed by atoms with van der Waals surface area (Å²) >= 11 is 5.67. The molecule has 0 N–H and O–H groups in total. The molecule has 2 heterocycles. The molecule has 3 nitrogen and oxygen atoms in total. The molecule has 2 aromatic rings. The Labute approximate surface area is 129 Å². The Morgan fingerprint density at radius 1 is 1.38 bits per heavy atom. The number of fused-ring (bicyclic) bond motifs is 1. The zero-order valence-electron chi connectivity index (χ0n) is 12.2. The SMILES string of the molecule is Cc1cc(C(=O)CCl)c(C)n1CC1Cc2ccccc2O1. The van der Waals surface area contributed by atoms with Gasteiger partial charge in [0.25, 0.3) is 0 Å². The molecule has 0 spiro atoms. The van der Waals surface area contributed by atoms with Gasteiger partial charge in [-0.2, -0.15) is 0 Å². The highest BCUT2D eigenvalue weighted by Crippen LogP contribution is 2.29. The number of para-hydroxylation sites is 1. The summed E-state index contributed by atoms with van der Waals surface area (Å²) in [6.07, 6.45) is 1.03. The number of hydrogen-bond acceptors (Lipinski definition) is 2. The second-order valence-electron chi connectivity index (χ2n) is 5.50. The van der Waals surface area contributed by atoms with E-state index in [-0.39, 0.29) is 17.8 Å². The second kappa shape index (κ2) is 5.57. The van der Waals surface area contributed by atoms with E-state index in [1.165, 1.54) is 5.56 Å². The highest BCUT2D eigenvalue weighted by Gasteiger charge is 2.24. The molecule has 21 heavy (non-hydrogen) atoms. The molecule has 0 amide bonds. The van der Waals surface area contributed by atoms with Gasteiger partial charge in [0.15, 0.2) is 5.78 Å². The molecule has 0 aliphatic carbocycles. The van der Waals surface area contributed by atoms with Crippen LogP contribution < -0.4 is 4.74 Å². The fraction of sp³-hybridized carbons (Fsp3) is 0.353. The highest BCUT2D eigenvalue weighted by molar-refractivity contribution is 6.30. The first-order valence-corrected chi connectivity index (χ1v) is 7.64. The Morgan fingerprint density at radius 2 is 2.14 bits per heavy atom. The summed E-state index contributed by atoms with van der Waals surface area (Å²) < 4.78 is 8.13. The number of carbonyl (C=O) groups is 1. The van der Waals surface area contributed by atoms with Crippen LogP contribution in [0, 0.1) is 13.8 Å². The van der Waals surface area contributed by atoms with E-state index >= 15 is 0 Å². The van der Waals surface area contributed by atoms with Crippen LogP contribution >= 0.6 is 11.6 Å². The zero-order chi connectivity index (χ0) is 15.0. The molecule has 0 saturated heterocycles. The molecule has 1 aliphatic heterocycles. The van der Waals surface area contributed by atoms with Crippen molar-refractivity contribution in [2.24, 2.45) is 0 Å². The number of nitrogens with zero attached hydrogens (tertiary/aromatic N) is 1. The van der Waals surface area contributed by atoms with Crippen molar-refractivity contribution in [2.75, 3.05) is 5.88 Å². The maximum absolute atomic E-state index is 11.8. The monoisotopic (exact) mass is 303 g/mol. The molecule has 0 radical (unpaired) electrons. The lowest BCUT2D eigenvalue weighted by Crippen LogP contribution is -2.22. The van der Waals surface area contributed by atoms with E-state index < -0.39 is 0 Å². The number of Topliss-reactive ketones (excluding diaryl/α,β-unsaturated/α-hetero) is 1. The molecule has 0 bridgehead atoms. The summed E-state index contributed by atoms with van der Waals surface area (Å²) in [5.74, 6) is 0.976. The van der Waals surface area contributed by atoms with E-state index in [9.17, 15) is 4.79 Å². The Morgan fingerprint density at radius 3 is 2.86 bits per heavy atom. The first-order chi connectivity index (χ1) is 10.1. The Bertz CT molecular complexity index is 665. The smallest absolute Gasteiger partial charge is 0.179 e. The number of alkyl halides is 1. The van der Waals surface area contributed by atoms with Crippen molar-refractivity contribution in [2.45, 2.75) is 32.9 Å². The molecule has 1 aliphatic rings. The van der Waals surface area contributed by atoms with Crippen LogP contribution in [0.1, 0.15) is 27.3 Å². The molecular formula is C17H18ClNO2. The van der Waals surface area contributed by atoms with Crippen LogP contribution in [0.3, 0.4) is 0 Å². The van der Waals surface area contributed by atoms with Crippen LogP contribution in [0.5, 0.6) is 5.75 Å². The number of rotatable bonds is 4. The standard InChI is InChI=1S/C17H18ClNO2/c1-11-7-15(16(20)9-18)12(2)19(11)10-14-8-13-5-3-4-6-17(13)21-14/h3-7,14H,8-10H2,1-2H3. The Hall–Kier alpha value is -1.74. The predicted octanol–water partition coefficient (Wildman–Crippen LogP) is 3.53. The van der Waals surface area contributed by atoms with Gasteiger partial charge in [0.2, 0.25) is 0 Å². The molecule has 1 aromatic carbocycles. The van der Waals surface area contributed by atoms with Gasteiger partial charge in [0.05, 0.1) is 12.4 Å². The minimum absolute atomic E-state index is 0.0216. The molecular weight excluding hydrogens is 286 g/mol. The van der Waals surface area contributed by atoms with Crippen molar-refractivity contribution in [1.82, 2.24) is 4.57 Å². The van der Waals surface area contributed by atoms with Gasteiger partial charge in [0, 0.05) is 23.4 Å². The number of benzene rings is 1. The first-order valence-electron chi connectivity index (χ1n) is 7.10. The quantitative estimate of drug-likeness (QED) is 0.639. The molecule has 0 fully saturated rings. The Kier molecular flexibility index (Phi) is 3.77. The summed E-state index contributed by atoms with van der Waals surface area (Å²) in [6, 6.07) is 10.1. The molecule has 1 atom stereocenters. The van der Waals surface area contributed by atoms with Crippen LogP contribution in [-0.4, -0.2) is 22.3 Å². The lowest BCUT2D eigenvalue weighted by atomic mass is 10.1. The van der Waals surface area contributed by atoms with Gasteiger partial charge in [-0.25, -0.2) is 0 Å². The van der Waals surface area contributed by atoms with Gasteiger partial charge >= 0.3 is 0 Å². The van der Waals surface area contributed by atoms with Gasteiger partial charge in [-0.1, -0.05) is 18.2 Å². The average molecular weight is 304 g/mol. The number of hydrogen-bond donors (Lipinski definition) is 0. The summed E-state index contributed by atoms with van der Waals surface area (Å²) in [4.78, 5) is 11.8. The molecule has 0 saturated carbocycles. The highest BCUT2D eigenvalue weighted by atomic mass is 35.5. The van der Waals surface area contributed by atoms with E-state index in [1.807, 2.05) is 38.1 Å². The second-order valence-corrected chi connectivity index (χ2v) is 5.77. The van der Waals surface area contributed by atoms with E-state index in [0.29, 0.717) is 0 Å². The lowest BCUT2D eigenvalue weighted by molar-refractivity contribution is 0.102. The fourth-order valence-electron chi connectivity index (χ4n) is 3.00. The lowest BCUT2D eigenvalue weighted by Gasteiger charge is -2.15. The van der Waals surface area contributed by atoms with Gasteiger partial charge in [0.1, 0.15) is 11.9 Å². The summed E-state index contributed by atoms with van der Waals surface area (Å²) in [7, 11) is 0. The third-order valence-electron chi connectivity index (χ3n) is 4.10. The molecule has 1 aromatic heterocycles. The minimum atomic E-state index is -0.0216. The van der Waals surface area contributed by atoms with Crippen LogP contribution in [0.15, 0.2) is 30.3 Å². The number of halogens is 1. The van der Waals surface area contributed by atoms with Crippen LogP contribution in [0.25, 0.3) is 0 Å².